The zero-order chi connectivity index (χ0) is 14.6. The molecule has 2 N–H and O–H groups in total. The third-order valence-electron chi connectivity index (χ3n) is 3.20. The van der Waals surface area contributed by atoms with Crippen LogP contribution in [0.4, 0.5) is 13.2 Å². The summed E-state index contributed by atoms with van der Waals surface area (Å²) in [5.41, 5.74) is -1.61. The minimum atomic E-state index is -4.73. The molecule has 0 radical (unpaired) electrons. The molecular formula is C12H15F3O4. The molecule has 0 spiro atoms. The lowest BCUT2D eigenvalue weighted by Crippen LogP contribution is -2.24. The largest absolute Gasteiger partial charge is 0.478 e. The Labute approximate surface area is 107 Å². The highest BCUT2D eigenvalue weighted by atomic mass is 19.4. The standard InChI is InChI=1S/C12H15F3O4/c13-12(14,15)6-8(10(16)17)9(11(18)19)7-4-2-1-3-5-7/h7H,1-6H2,(H,16,17)(H,18,19). The second-order valence-corrected chi connectivity index (χ2v) is 4.63. The lowest BCUT2D eigenvalue weighted by molar-refractivity contribution is -0.144. The van der Waals surface area contributed by atoms with Crippen molar-refractivity contribution in [2.75, 3.05) is 0 Å². The van der Waals surface area contributed by atoms with E-state index in [2.05, 4.69) is 0 Å². The predicted octanol–water partition coefficient (Wildman–Crippen LogP) is 2.98. The number of alkyl halides is 3. The van der Waals surface area contributed by atoms with Crippen molar-refractivity contribution >= 4 is 11.9 Å². The van der Waals surface area contributed by atoms with Gasteiger partial charge in [0.25, 0.3) is 0 Å². The number of hydrogen-bond acceptors (Lipinski definition) is 2. The molecule has 1 aliphatic rings. The molecule has 7 heteroatoms. The van der Waals surface area contributed by atoms with Gasteiger partial charge in [-0.2, -0.15) is 13.2 Å². The summed E-state index contributed by atoms with van der Waals surface area (Å²) in [6.45, 7) is 0. The van der Waals surface area contributed by atoms with Gasteiger partial charge < -0.3 is 10.2 Å². The van der Waals surface area contributed by atoms with Crippen LogP contribution in [0.15, 0.2) is 11.1 Å². The van der Waals surface area contributed by atoms with Gasteiger partial charge in [0.05, 0.1) is 17.6 Å². The van der Waals surface area contributed by atoms with Gasteiger partial charge in [0.1, 0.15) is 0 Å². The molecule has 0 aliphatic heterocycles. The van der Waals surface area contributed by atoms with Gasteiger partial charge in [-0.05, 0) is 18.8 Å². The predicted molar refractivity (Wildman–Crippen MR) is 59.5 cm³/mol. The third-order valence-corrected chi connectivity index (χ3v) is 3.20. The molecule has 0 atom stereocenters. The van der Waals surface area contributed by atoms with Crippen molar-refractivity contribution in [3.63, 3.8) is 0 Å². The summed E-state index contributed by atoms with van der Waals surface area (Å²) in [4.78, 5) is 22.1. The van der Waals surface area contributed by atoms with Gasteiger partial charge in [-0.3, -0.25) is 0 Å². The van der Waals surface area contributed by atoms with Gasteiger partial charge in [-0.25, -0.2) is 9.59 Å². The molecule has 0 amide bonds. The van der Waals surface area contributed by atoms with Crippen LogP contribution in [0.5, 0.6) is 0 Å². The van der Waals surface area contributed by atoms with E-state index in [1.54, 1.807) is 0 Å². The summed E-state index contributed by atoms with van der Waals surface area (Å²) in [5.74, 6) is -3.96. The van der Waals surface area contributed by atoms with Crippen molar-refractivity contribution in [2.24, 2.45) is 5.92 Å². The molecule has 1 saturated carbocycles. The zero-order valence-corrected chi connectivity index (χ0v) is 10.2. The van der Waals surface area contributed by atoms with Crippen molar-refractivity contribution in [1.29, 1.82) is 0 Å². The molecule has 4 nitrogen and oxygen atoms in total. The van der Waals surface area contributed by atoms with E-state index in [0.717, 1.165) is 6.42 Å². The maximum Gasteiger partial charge on any atom is 0.393 e. The van der Waals surface area contributed by atoms with Crippen LogP contribution >= 0.6 is 0 Å². The lowest BCUT2D eigenvalue weighted by atomic mass is 9.81. The summed E-state index contributed by atoms with van der Waals surface area (Å²) in [7, 11) is 0. The quantitative estimate of drug-likeness (QED) is 0.776. The van der Waals surface area contributed by atoms with Crippen molar-refractivity contribution in [3.05, 3.63) is 11.1 Å². The van der Waals surface area contributed by atoms with Crippen LogP contribution in [0, 0.1) is 5.92 Å². The first kappa shape index (κ1) is 15.5. The van der Waals surface area contributed by atoms with E-state index in [-0.39, 0.29) is 0 Å². The summed E-state index contributed by atoms with van der Waals surface area (Å²) >= 11 is 0. The molecule has 0 heterocycles. The smallest absolute Gasteiger partial charge is 0.393 e. The zero-order valence-electron chi connectivity index (χ0n) is 10.2. The number of carbonyl (C=O) groups is 2. The number of halogens is 3. The second kappa shape index (κ2) is 6.08. The molecule has 0 aromatic heterocycles. The van der Waals surface area contributed by atoms with Crippen molar-refractivity contribution in [3.8, 4) is 0 Å². The maximum atomic E-state index is 12.4. The van der Waals surface area contributed by atoms with Crippen LogP contribution in [-0.4, -0.2) is 28.3 Å². The maximum absolute atomic E-state index is 12.4. The number of carboxylic acid groups (broad SMARTS) is 2. The van der Waals surface area contributed by atoms with Crippen LogP contribution in [-0.2, 0) is 9.59 Å². The summed E-state index contributed by atoms with van der Waals surface area (Å²) in [6, 6.07) is 0. The minimum Gasteiger partial charge on any atom is -0.478 e. The van der Waals surface area contributed by atoms with Gasteiger partial charge in [0.2, 0.25) is 0 Å². The van der Waals surface area contributed by atoms with Crippen molar-refractivity contribution < 1.29 is 33.0 Å². The Hall–Kier alpha value is -1.53. The van der Waals surface area contributed by atoms with Gasteiger partial charge >= 0.3 is 18.1 Å². The molecule has 19 heavy (non-hydrogen) atoms. The lowest BCUT2D eigenvalue weighted by Gasteiger charge is -2.24. The normalized spacial score (nSPS) is 18.9. The highest BCUT2D eigenvalue weighted by molar-refractivity contribution is 5.99. The van der Waals surface area contributed by atoms with E-state index in [9.17, 15) is 22.8 Å². The Bertz CT molecular complexity index is 392. The van der Waals surface area contributed by atoms with Crippen LogP contribution < -0.4 is 0 Å². The Morgan fingerprint density at radius 2 is 1.53 bits per heavy atom. The minimum absolute atomic E-state index is 0.427. The fourth-order valence-corrected chi connectivity index (χ4v) is 2.43. The first-order valence-corrected chi connectivity index (χ1v) is 5.98. The van der Waals surface area contributed by atoms with E-state index in [4.69, 9.17) is 10.2 Å². The highest BCUT2D eigenvalue weighted by Gasteiger charge is 2.37. The van der Waals surface area contributed by atoms with Crippen LogP contribution in [0.3, 0.4) is 0 Å². The first-order chi connectivity index (χ1) is 8.72. The third kappa shape index (κ3) is 4.57. The molecule has 0 bridgehead atoms. The summed E-state index contributed by atoms with van der Waals surface area (Å²) in [5, 5.41) is 17.9. The van der Waals surface area contributed by atoms with E-state index in [1.807, 2.05) is 0 Å². The van der Waals surface area contributed by atoms with E-state index >= 15 is 0 Å². The molecule has 1 fully saturated rings. The fraction of sp³-hybridized carbons (Fsp3) is 0.667. The highest BCUT2D eigenvalue weighted by Crippen LogP contribution is 2.35. The van der Waals surface area contributed by atoms with E-state index < -0.39 is 41.6 Å². The fourth-order valence-electron chi connectivity index (χ4n) is 2.43. The number of carboxylic acids is 2. The average molecular weight is 280 g/mol. The first-order valence-electron chi connectivity index (χ1n) is 5.98. The molecular weight excluding hydrogens is 265 g/mol. The monoisotopic (exact) mass is 280 g/mol. The van der Waals surface area contributed by atoms with E-state index in [1.165, 1.54) is 0 Å². The average Bonchev–Trinajstić information content (AvgIpc) is 2.27. The van der Waals surface area contributed by atoms with E-state index in [0.29, 0.717) is 25.7 Å². The number of aliphatic carboxylic acids is 2. The Morgan fingerprint density at radius 3 is 1.89 bits per heavy atom. The SMILES string of the molecule is O=C(O)C(CC(F)(F)F)=C(C(=O)O)C1CCCCC1. The summed E-state index contributed by atoms with van der Waals surface area (Å²) in [6.07, 6.45) is -3.28. The van der Waals surface area contributed by atoms with Crippen molar-refractivity contribution in [1.82, 2.24) is 0 Å². The second-order valence-electron chi connectivity index (χ2n) is 4.63. The topological polar surface area (TPSA) is 74.6 Å². The summed E-state index contributed by atoms with van der Waals surface area (Å²) < 4.78 is 37.1. The molecule has 0 unspecified atom stereocenters. The van der Waals surface area contributed by atoms with Crippen LogP contribution in [0.1, 0.15) is 38.5 Å². The molecule has 0 aromatic rings. The molecule has 108 valence electrons. The molecule has 1 rings (SSSR count). The Morgan fingerprint density at radius 1 is 1.00 bits per heavy atom. The molecule has 0 aromatic carbocycles. The van der Waals surface area contributed by atoms with Crippen LogP contribution in [0.2, 0.25) is 0 Å². The number of rotatable bonds is 4. The molecule has 0 saturated heterocycles. The Kier molecular flexibility index (Phi) is 4.97. The van der Waals surface area contributed by atoms with Gasteiger partial charge in [0.15, 0.2) is 0 Å². The van der Waals surface area contributed by atoms with Gasteiger partial charge in [0, 0.05) is 0 Å². The Balaban J connectivity index is 3.16. The van der Waals surface area contributed by atoms with Gasteiger partial charge in [-0.15, -0.1) is 0 Å². The van der Waals surface area contributed by atoms with Crippen LogP contribution in [0.25, 0.3) is 0 Å². The number of hydrogen-bond donors (Lipinski definition) is 2. The van der Waals surface area contributed by atoms with Crippen molar-refractivity contribution in [2.45, 2.75) is 44.7 Å². The van der Waals surface area contributed by atoms with Gasteiger partial charge in [-0.1, -0.05) is 19.3 Å². The molecule has 1 aliphatic carbocycles.